The lowest BCUT2D eigenvalue weighted by atomic mass is 9.95. The summed E-state index contributed by atoms with van der Waals surface area (Å²) >= 11 is 0. The van der Waals surface area contributed by atoms with E-state index in [1.807, 2.05) is 30.3 Å². The Morgan fingerprint density at radius 3 is 2.35 bits per heavy atom. The van der Waals surface area contributed by atoms with E-state index in [1.165, 1.54) is 6.07 Å². The van der Waals surface area contributed by atoms with Crippen molar-refractivity contribution in [2.75, 3.05) is 18.4 Å². The van der Waals surface area contributed by atoms with Crippen LogP contribution in [0.15, 0.2) is 54.6 Å². The summed E-state index contributed by atoms with van der Waals surface area (Å²) in [5.41, 5.74) is 1.21. The van der Waals surface area contributed by atoms with Gasteiger partial charge in [0.2, 0.25) is 5.91 Å². The largest absolute Gasteiger partial charge is 0.506 e. The van der Waals surface area contributed by atoms with Crippen LogP contribution in [-0.4, -0.2) is 34.9 Å². The topological polar surface area (TPSA) is 69.6 Å². The lowest BCUT2D eigenvalue weighted by Crippen LogP contribution is -2.41. The number of hydrogen-bond acceptors (Lipinski definition) is 3. The molecule has 0 saturated carbocycles. The van der Waals surface area contributed by atoms with Gasteiger partial charge < -0.3 is 15.3 Å². The lowest BCUT2D eigenvalue weighted by Gasteiger charge is -2.30. The fourth-order valence-electron chi connectivity index (χ4n) is 2.89. The molecular weight excluding hydrogens is 328 g/mol. The molecule has 1 heterocycles. The summed E-state index contributed by atoms with van der Waals surface area (Å²) in [7, 11) is 0. The van der Waals surface area contributed by atoms with Gasteiger partial charge in [0.1, 0.15) is 5.75 Å². The van der Waals surface area contributed by atoms with Crippen molar-refractivity contribution < 1.29 is 14.7 Å². The molecule has 26 heavy (non-hydrogen) atoms. The zero-order valence-corrected chi connectivity index (χ0v) is 14.3. The average molecular weight is 348 g/mol. The van der Waals surface area contributed by atoms with Crippen LogP contribution in [0.25, 0.3) is 0 Å². The van der Waals surface area contributed by atoms with Gasteiger partial charge >= 0.3 is 0 Å². The molecule has 2 aromatic rings. The number of phenols is 1. The second-order valence-electron chi connectivity index (χ2n) is 6.19. The zero-order chi connectivity index (χ0) is 18.4. The van der Waals surface area contributed by atoms with Crippen LogP contribution < -0.4 is 5.32 Å². The summed E-state index contributed by atoms with van der Waals surface area (Å²) in [6.45, 7) is 1.00. The second kappa shape index (κ2) is 8.21. The summed E-state index contributed by atoms with van der Waals surface area (Å²) in [6.07, 6.45) is 1.16. The number of amides is 2. The first kappa shape index (κ1) is 17.6. The smallest absolute Gasteiger partial charge is 0.298 e. The summed E-state index contributed by atoms with van der Waals surface area (Å²) in [5, 5.41) is 12.5. The maximum absolute atomic E-state index is 12.4. The maximum Gasteiger partial charge on any atom is 0.298 e. The Morgan fingerprint density at radius 1 is 1.00 bits per heavy atom. The molecule has 132 valence electrons. The Hall–Kier alpha value is -3.26. The molecule has 0 aromatic heterocycles. The van der Waals surface area contributed by atoms with Crippen molar-refractivity contribution in [3.63, 3.8) is 0 Å². The number of piperidine rings is 1. The molecule has 0 spiro atoms. The zero-order valence-electron chi connectivity index (χ0n) is 14.3. The molecule has 1 aliphatic rings. The Balaban J connectivity index is 1.52. The van der Waals surface area contributed by atoms with E-state index in [1.54, 1.807) is 23.1 Å². The molecule has 3 rings (SSSR count). The molecule has 0 aliphatic carbocycles. The van der Waals surface area contributed by atoms with Crippen LogP contribution in [0.5, 0.6) is 5.75 Å². The molecule has 0 atom stereocenters. The second-order valence-corrected chi connectivity index (χ2v) is 6.19. The molecule has 0 unspecified atom stereocenters. The Bertz CT molecular complexity index is 844. The predicted molar refractivity (Wildman–Crippen MR) is 99.4 cm³/mol. The van der Waals surface area contributed by atoms with Gasteiger partial charge in [-0.05, 0) is 37.1 Å². The molecular formula is C21H20N2O3. The number of likely N-dealkylation sites (tertiary alicyclic amines) is 1. The third kappa shape index (κ3) is 4.42. The molecule has 1 aliphatic heterocycles. The average Bonchev–Trinajstić information content (AvgIpc) is 2.69. The van der Waals surface area contributed by atoms with Crippen LogP contribution in [0, 0.1) is 17.8 Å². The Kier molecular flexibility index (Phi) is 5.55. The lowest BCUT2D eigenvalue weighted by molar-refractivity contribution is -0.129. The quantitative estimate of drug-likeness (QED) is 0.647. The van der Waals surface area contributed by atoms with Gasteiger partial charge in [0, 0.05) is 30.5 Å². The fraction of sp³-hybridized carbons (Fsp3) is 0.238. The van der Waals surface area contributed by atoms with Gasteiger partial charge in [0.15, 0.2) is 0 Å². The molecule has 0 radical (unpaired) electrons. The van der Waals surface area contributed by atoms with Gasteiger partial charge in [0.05, 0.1) is 5.69 Å². The highest BCUT2D eigenvalue weighted by Crippen LogP contribution is 2.24. The molecule has 1 fully saturated rings. The SMILES string of the molecule is O=C(Nc1ccccc1O)C1CCN(C(=O)C#Cc2ccccc2)CC1. The molecule has 1 saturated heterocycles. The number of anilines is 1. The minimum atomic E-state index is -0.214. The van der Waals surface area contributed by atoms with Crippen LogP contribution in [0.3, 0.4) is 0 Å². The maximum atomic E-state index is 12.4. The highest BCUT2D eigenvalue weighted by atomic mass is 16.3. The van der Waals surface area contributed by atoms with Gasteiger partial charge in [-0.25, -0.2) is 0 Å². The van der Waals surface area contributed by atoms with Gasteiger partial charge in [0.25, 0.3) is 5.91 Å². The van der Waals surface area contributed by atoms with E-state index in [9.17, 15) is 14.7 Å². The highest BCUT2D eigenvalue weighted by molar-refractivity contribution is 5.95. The molecule has 5 nitrogen and oxygen atoms in total. The first-order valence-corrected chi connectivity index (χ1v) is 8.58. The first-order chi connectivity index (χ1) is 12.6. The Morgan fingerprint density at radius 2 is 1.65 bits per heavy atom. The fourth-order valence-corrected chi connectivity index (χ4v) is 2.89. The van der Waals surface area contributed by atoms with E-state index < -0.39 is 0 Å². The van der Waals surface area contributed by atoms with Crippen molar-refractivity contribution in [2.24, 2.45) is 5.92 Å². The van der Waals surface area contributed by atoms with Crippen LogP contribution in [0.2, 0.25) is 0 Å². The first-order valence-electron chi connectivity index (χ1n) is 8.58. The molecule has 0 bridgehead atoms. The highest BCUT2D eigenvalue weighted by Gasteiger charge is 2.27. The summed E-state index contributed by atoms with van der Waals surface area (Å²) in [4.78, 5) is 26.2. The number of carbonyl (C=O) groups is 2. The summed E-state index contributed by atoms with van der Waals surface area (Å²) < 4.78 is 0. The molecule has 2 N–H and O–H groups in total. The Labute approximate surface area is 152 Å². The summed E-state index contributed by atoms with van der Waals surface area (Å²) in [5.74, 6) is 5.05. The normalized spacial score (nSPS) is 14.2. The van der Waals surface area contributed by atoms with Crippen molar-refractivity contribution in [3.05, 3.63) is 60.2 Å². The number of aromatic hydroxyl groups is 1. The number of benzene rings is 2. The van der Waals surface area contributed by atoms with Crippen molar-refractivity contribution >= 4 is 17.5 Å². The van der Waals surface area contributed by atoms with E-state index in [0.717, 1.165) is 5.56 Å². The van der Waals surface area contributed by atoms with Gasteiger partial charge in [-0.3, -0.25) is 9.59 Å². The minimum absolute atomic E-state index is 0.0460. The van der Waals surface area contributed by atoms with Crippen LogP contribution in [-0.2, 0) is 9.59 Å². The van der Waals surface area contributed by atoms with Crippen LogP contribution in [0.1, 0.15) is 18.4 Å². The minimum Gasteiger partial charge on any atom is -0.506 e. The van der Waals surface area contributed by atoms with Crippen LogP contribution >= 0.6 is 0 Å². The summed E-state index contributed by atoms with van der Waals surface area (Å²) in [6, 6.07) is 16.0. The van der Waals surface area contributed by atoms with E-state index in [0.29, 0.717) is 31.6 Å². The monoisotopic (exact) mass is 348 g/mol. The van der Waals surface area contributed by atoms with Gasteiger partial charge in [-0.1, -0.05) is 36.3 Å². The number of rotatable bonds is 2. The number of nitrogens with one attached hydrogen (secondary N) is 1. The third-order valence-electron chi connectivity index (χ3n) is 4.40. The number of hydrogen-bond donors (Lipinski definition) is 2. The number of para-hydroxylation sites is 2. The number of phenolic OH excluding ortho intramolecular Hbond substituents is 1. The molecule has 5 heteroatoms. The number of carbonyl (C=O) groups excluding carboxylic acids is 2. The van der Waals surface area contributed by atoms with E-state index in [-0.39, 0.29) is 23.5 Å². The van der Waals surface area contributed by atoms with Crippen LogP contribution in [0.4, 0.5) is 5.69 Å². The van der Waals surface area contributed by atoms with E-state index in [4.69, 9.17) is 0 Å². The molecule has 2 amide bonds. The van der Waals surface area contributed by atoms with Crippen molar-refractivity contribution in [3.8, 4) is 17.6 Å². The van der Waals surface area contributed by atoms with Crippen molar-refractivity contribution in [2.45, 2.75) is 12.8 Å². The van der Waals surface area contributed by atoms with Gasteiger partial charge in [-0.2, -0.15) is 0 Å². The third-order valence-corrected chi connectivity index (χ3v) is 4.40. The van der Waals surface area contributed by atoms with E-state index >= 15 is 0 Å². The van der Waals surface area contributed by atoms with Crippen molar-refractivity contribution in [1.82, 2.24) is 4.90 Å². The molecule has 2 aromatic carbocycles. The van der Waals surface area contributed by atoms with Crippen molar-refractivity contribution in [1.29, 1.82) is 0 Å². The standard InChI is InChI=1S/C21H20N2O3/c24-19-9-5-4-8-18(19)22-21(26)17-12-14-23(15-13-17)20(25)11-10-16-6-2-1-3-7-16/h1-9,17,24H,12-15H2,(H,22,26). The predicted octanol–water partition coefficient (Wildman–Crippen LogP) is 2.62. The number of nitrogens with zero attached hydrogens (tertiary/aromatic N) is 1. The van der Waals surface area contributed by atoms with E-state index in [2.05, 4.69) is 17.2 Å². The van der Waals surface area contributed by atoms with Gasteiger partial charge in [-0.15, -0.1) is 0 Å².